The average molecular weight is 495 g/mol. The van der Waals surface area contributed by atoms with Gasteiger partial charge in [-0.15, -0.1) is 11.3 Å². The number of sulfone groups is 1. The number of nitrogens with one attached hydrogen (secondary N) is 1. The van der Waals surface area contributed by atoms with Gasteiger partial charge in [0, 0.05) is 31.6 Å². The summed E-state index contributed by atoms with van der Waals surface area (Å²) in [4.78, 5) is 32.9. The molecule has 2 saturated heterocycles. The van der Waals surface area contributed by atoms with E-state index in [2.05, 4.69) is 15.2 Å². The number of nitrogens with zero attached hydrogens (tertiary/aromatic N) is 3. The van der Waals surface area contributed by atoms with Crippen LogP contribution in [0.15, 0.2) is 29.6 Å². The van der Waals surface area contributed by atoms with Crippen LogP contribution in [0.2, 0.25) is 0 Å². The van der Waals surface area contributed by atoms with Crippen LogP contribution in [0.5, 0.6) is 0 Å². The number of carbonyl (C=O) groups is 2. The predicted octanol–water partition coefficient (Wildman–Crippen LogP) is 1.05. The van der Waals surface area contributed by atoms with Gasteiger partial charge < -0.3 is 26.6 Å². The lowest BCUT2D eigenvalue weighted by molar-refractivity contribution is -0.123. The highest BCUT2D eigenvalue weighted by atomic mass is 32.2. The maximum atomic E-state index is 12.9. The van der Waals surface area contributed by atoms with Crippen molar-refractivity contribution in [3.63, 3.8) is 0 Å². The largest absolute Gasteiger partial charge is 0.370 e. The van der Waals surface area contributed by atoms with Crippen LogP contribution in [0, 0.1) is 0 Å². The summed E-state index contributed by atoms with van der Waals surface area (Å²) in [6.07, 6.45) is 0.872. The number of anilines is 3. The van der Waals surface area contributed by atoms with Crippen molar-refractivity contribution in [2.75, 3.05) is 52.8 Å². The molecule has 0 aliphatic carbocycles. The molecule has 0 bridgehead atoms. The molecule has 0 saturated carbocycles. The zero-order valence-corrected chi connectivity index (χ0v) is 19.1. The summed E-state index contributed by atoms with van der Waals surface area (Å²) in [5, 5.41) is 5.24. The quantitative estimate of drug-likeness (QED) is 0.558. The smallest absolute Gasteiger partial charge is 0.275 e. The minimum Gasteiger partial charge on any atom is -0.370 e. The van der Waals surface area contributed by atoms with Crippen LogP contribution in [0.4, 0.5) is 16.5 Å². The van der Waals surface area contributed by atoms with Crippen molar-refractivity contribution < 1.29 is 18.0 Å². The fraction of sp³-hybridized carbons (Fsp3) is 0.476. The Morgan fingerprint density at radius 1 is 1.06 bits per heavy atom. The van der Waals surface area contributed by atoms with Gasteiger partial charge in [0.2, 0.25) is 5.91 Å². The molecule has 0 radical (unpaired) electrons. The van der Waals surface area contributed by atoms with E-state index in [1.807, 2.05) is 29.2 Å². The number of amides is 2. The molecule has 33 heavy (non-hydrogen) atoms. The van der Waals surface area contributed by atoms with Crippen LogP contribution in [-0.2, 0) is 14.6 Å². The molecule has 5 N–H and O–H groups in total. The van der Waals surface area contributed by atoms with E-state index >= 15 is 0 Å². The van der Waals surface area contributed by atoms with Crippen molar-refractivity contribution in [1.29, 1.82) is 0 Å². The number of aromatic nitrogens is 1. The van der Waals surface area contributed by atoms with Gasteiger partial charge >= 0.3 is 0 Å². The lowest BCUT2D eigenvalue weighted by atomic mass is 9.87. The molecule has 2 aromatic rings. The van der Waals surface area contributed by atoms with Crippen molar-refractivity contribution in [3.8, 4) is 0 Å². The first-order chi connectivity index (χ1) is 15.2. The van der Waals surface area contributed by atoms with Crippen molar-refractivity contribution in [2.45, 2.75) is 25.8 Å². The second-order valence-electron chi connectivity index (χ2n) is 8.13. The molecule has 2 aliphatic rings. The van der Waals surface area contributed by atoms with Crippen LogP contribution in [0.1, 0.15) is 30.8 Å². The van der Waals surface area contributed by atoms with Gasteiger partial charge in [-0.05, 0) is 25.0 Å². The van der Waals surface area contributed by atoms with Crippen molar-refractivity contribution in [3.05, 3.63) is 35.3 Å². The van der Waals surface area contributed by atoms with Crippen LogP contribution in [0.3, 0.4) is 0 Å². The highest BCUT2D eigenvalue weighted by Gasteiger charge is 2.36. The average Bonchev–Trinajstić information content (AvgIpc) is 3.25. The Balaban J connectivity index is 0.00000306. The van der Waals surface area contributed by atoms with E-state index in [0.717, 1.165) is 5.69 Å². The first kappa shape index (κ1) is 24.9. The maximum Gasteiger partial charge on any atom is 0.275 e. The Morgan fingerprint density at radius 3 is 2.33 bits per heavy atom. The molecule has 2 aliphatic heterocycles. The number of primary amides is 1. The van der Waals surface area contributed by atoms with Crippen LogP contribution in [-0.4, -0.2) is 68.4 Å². The number of piperidine rings is 1. The number of nitrogens with two attached hydrogens (primary N) is 2. The predicted molar refractivity (Wildman–Crippen MR) is 132 cm³/mol. The third-order valence-corrected chi connectivity index (χ3v) is 8.49. The molecule has 1 aromatic heterocycles. The number of carbonyl (C=O) groups excluding carboxylic acids is 2. The Morgan fingerprint density at radius 2 is 1.70 bits per heavy atom. The fourth-order valence-corrected chi connectivity index (χ4v) is 5.91. The van der Waals surface area contributed by atoms with Crippen molar-refractivity contribution >= 4 is 49.5 Å². The first-order valence-corrected chi connectivity index (χ1v) is 13.0. The second-order valence-corrected chi connectivity index (χ2v) is 11.3. The third kappa shape index (κ3) is 5.45. The normalized spacial score (nSPS) is 19.4. The highest BCUT2D eigenvalue weighted by Crippen LogP contribution is 2.31. The van der Waals surface area contributed by atoms with E-state index in [4.69, 9.17) is 11.5 Å². The Bertz CT molecular complexity index is 1110. The van der Waals surface area contributed by atoms with Gasteiger partial charge in [-0.25, -0.2) is 13.4 Å². The van der Waals surface area contributed by atoms with Gasteiger partial charge in [-0.3, -0.25) is 9.59 Å². The van der Waals surface area contributed by atoms with E-state index in [0.29, 0.717) is 49.8 Å². The van der Waals surface area contributed by atoms with Gasteiger partial charge in [0.05, 0.1) is 28.4 Å². The molecular formula is C21H30N6O4S2. The molecule has 3 heterocycles. The molecular weight excluding hydrogens is 464 g/mol. The third-order valence-electron chi connectivity index (χ3n) is 5.98. The van der Waals surface area contributed by atoms with Gasteiger partial charge in [0.15, 0.2) is 15.0 Å². The molecule has 10 nitrogen and oxygen atoms in total. The van der Waals surface area contributed by atoms with E-state index in [1.54, 1.807) is 5.38 Å². The molecule has 4 rings (SSSR count). The summed E-state index contributed by atoms with van der Waals surface area (Å²) in [6.45, 7) is 1.85. The second kappa shape index (κ2) is 9.65. The van der Waals surface area contributed by atoms with E-state index in [1.165, 1.54) is 11.3 Å². The molecule has 0 spiro atoms. The summed E-state index contributed by atoms with van der Waals surface area (Å²) in [7, 11) is -2.98. The van der Waals surface area contributed by atoms with Gasteiger partial charge in [-0.1, -0.05) is 19.6 Å². The summed E-state index contributed by atoms with van der Waals surface area (Å²) >= 11 is 1.32. The van der Waals surface area contributed by atoms with Crippen LogP contribution >= 0.6 is 11.3 Å². The number of hydrogen-bond donors (Lipinski definition) is 3. The van der Waals surface area contributed by atoms with E-state index in [9.17, 15) is 18.0 Å². The van der Waals surface area contributed by atoms with Crippen LogP contribution in [0.25, 0.3) is 0 Å². The standard InChI is InChI=1S/C20H26N6O4S2.CH4/c21-18(28)20(22)5-7-25(8-6-20)16-4-2-1-3-14(16)23-17(27)15-13-31-19(24-15)26-9-11-32(29,30)12-10-26;/h1-4,13H,5-12,22H2,(H2,21,28)(H,23,27);1H4. The van der Waals surface area contributed by atoms with Gasteiger partial charge in [0.25, 0.3) is 5.91 Å². The minimum absolute atomic E-state index is 0. The SMILES string of the molecule is C.NC(=O)C1(N)CCN(c2ccccc2NC(=O)c2csc(N3CCS(=O)(=O)CC3)n2)CC1. The fourth-order valence-electron chi connectivity index (χ4n) is 3.85. The summed E-state index contributed by atoms with van der Waals surface area (Å²) in [5.74, 6) is -0.648. The summed E-state index contributed by atoms with van der Waals surface area (Å²) < 4.78 is 23.3. The monoisotopic (exact) mass is 494 g/mol. The number of thiazole rings is 1. The first-order valence-electron chi connectivity index (χ1n) is 10.3. The Labute approximate surface area is 197 Å². The maximum absolute atomic E-state index is 12.9. The summed E-state index contributed by atoms with van der Waals surface area (Å²) in [5.41, 5.74) is 12.3. The molecule has 12 heteroatoms. The van der Waals surface area contributed by atoms with Crippen molar-refractivity contribution in [1.82, 2.24) is 4.98 Å². The zero-order valence-electron chi connectivity index (χ0n) is 17.5. The summed E-state index contributed by atoms with van der Waals surface area (Å²) in [6, 6.07) is 7.44. The highest BCUT2D eigenvalue weighted by molar-refractivity contribution is 7.91. The number of para-hydroxylation sites is 2. The van der Waals surface area contributed by atoms with Gasteiger partial charge in [0.1, 0.15) is 5.69 Å². The molecule has 1 aromatic carbocycles. The molecule has 0 atom stereocenters. The molecule has 180 valence electrons. The van der Waals surface area contributed by atoms with E-state index < -0.39 is 21.3 Å². The molecule has 2 fully saturated rings. The van der Waals surface area contributed by atoms with Gasteiger partial charge in [-0.2, -0.15) is 0 Å². The number of benzene rings is 1. The minimum atomic E-state index is -2.98. The zero-order chi connectivity index (χ0) is 22.9. The number of rotatable bonds is 5. The lowest BCUT2D eigenvalue weighted by Crippen LogP contribution is -2.58. The molecule has 0 unspecified atom stereocenters. The topological polar surface area (TPSA) is 152 Å². The molecule has 2 amide bonds. The van der Waals surface area contributed by atoms with E-state index in [-0.39, 0.29) is 30.5 Å². The number of hydrogen-bond acceptors (Lipinski definition) is 9. The lowest BCUT2D eigenvalue weighted by Gasteiger charge is -2.38. The Kier molecular flexibility index (Phi) is 7.29. The Hall–Kier alpha value is -2.70. The van der Waals surface area contributed by atoms with Crippen molar-refractivity contribution in [2.24, 2.45) is 11.5 Å². The van der Waals surface area contributed by atoms with Crippen LogP contribution < -0.4 is 26.6 Å².